The monoisotopic (exact) mass is 297 g/mol. The van der Waals surface area contributed by atoms with Crippen molar-refractivity contribution in [1.29, 1.82) is 0 Å². The van der Waals surface area contributed by atoms with Crippen LogP contribution in [0.25, 0.3) is 0 Å². The highest BCUT2D eigenvalue weighted by atomic mass is 19.4. The van der Waals surface area contributed by atoms with Gasteiger partial charge < -0.3 is 14.8 Å². The molecule has 2 atom stereocenters. The fraction of sp³-hybridized carbons (Fsp3) is 0.923. The molecular formula is C13H22F3NO3. The molecule has 1 N–H and O–H groups in total. The summed E-state index contributed by atoms with van der Waals surface area (Å²) in [5.74, 6) is -0.401. The summed E-state index contributed by atoms with van der Waals surface area (Å²) in [6, 6.07) is 0. The highest BCUT2D eigenvalue weighted by Crippen LogP contribution is 2.32. The Labute approximate surface area is 117 Å². The number of carbonyl (C=O) groups excluding carboxylic acids is 1. The Kier molecular flexibility index (Phi) is 6.26. The molecule has 0 radical (unpaired) electrons. The standard InChI is InChI=1S/C13H22F3NO3/c1-3-17-12(11(18)19-4-2)7-5-6-10(8-12)20-9-13(14,15)16/h10,17H,3-9H2,1-2H3. The van der Waals surface area contributed by atoms with E-state index in [1.165, 1.54) is 0 Å². The molecule has 1 aliphatic carbocycles. The summed E-state index contributed by atoms with van der Waals surface area (Å²) in [4.78, 5) is 12.1. The Morgan fingerprint density at radius 1 is 1.40 bits per heavy atom. The van der Waals surface area contributed by atoms with Crippen molar-refractivity contribution in [3.05, 3.63) is 0 Å². The van der Waals surface area contributed by atoms with Crippen LogP contribution in [-0.4, -0.2) is 43.5 Å². The molecule has 0 saturated heterocycles. The van der Waals surface area contributed by atoms with E-state index in [0.717, 1.165) is 0 Å². The van der Waals surface area contributed by atoms with Crippen molar-refractivity contribution in [2.24, 2.45) is 0 Å². The number of likely N-dealkylation sites (N-methyl/N-ethyl adjacent to an activating group) is 1. The predicted octanol–water partition coefficient (Wildman–Crippen LogP) is 2.42. The molecule has 0 aromatic carbocycles. The normalized spacial score (nSPS) is 27.4. The lowest BCUT2D eigenvalue weighted by Gasteiger charge is -2.39. The van der Waals surface area contributed by atoms with Crippen LogP contribution >= 0.6 is 0 Å². The number of hydrogen-bond donors (Lipinski definition) is 1. The first-order valence-electron chi connectivity index (χ1n) is 6.93. The maximum absolute atomic E-state index is 12.2. The first-order chi connectivity index (χ1) is 9.33. The predicted molar refractivity (Wildman–Crippen MR) is 67.3 cm³/mol. The van der Waals surface area contributed by atoms with Gasteiger partial charge in [-0.25, -0.2) is 0 Å². The van der Waals surface area contributed by atoms with Gasteiger partial charge in [-0.05, 0) is 32.7 Å². The van der Waals surface area contributed by atoms with Crippen LogP contribution in [-0.2, 0) is 14.3 Å². The molecule has 0 spiro atoms. The molecule has 0 heterocycles. The zero-order chi connectivity index (χ0) is 15.2. The molecule has 0 aromatic heterocycles. The second-order valence-electron chi connectivity index (χ2n) is 4.98. The maximum Gasteiger partial charge on any atom is 0.411 e. The average Bonchev–Trinajstić information content (AvgIpc) is 2.37. The van der Waals surface area contributed by atoms with Gasteiger partial charge in [0, 0.05) is 6.42 Å². The number of carbonyl (C=O) groups is 1. The number of esters is 1. The lowest BCUT2D eigenvalue weighted by Crippen LogP contribution is -2.57. The van der Waals surface area contributed by atoms with Crippen LogP contribution in [0.3, 0.4) is 0 Å². The second-order valence-corrected chi connectivity index (χ2v) is 4.98. The maximum atomic E-state index is 12.2. The third kappa shape index (κ3) is 4.94. The summed E-state index contributed by atoms with van der Waals surface area (Å²) >= 11 is 0. The highest BCUT2D eigenvalue weighted by molar-refractivity contribution is 5.81. The van der Waals surface area contributed by atoms with E-state index in [0.29, 0.717) is 25.8 Å². The zero-order valence-electron chi connectivity index (χ0n) is 11.9. The van der Waals surface area contributed by atoms with Crippen LogP contribution in [0.15, 0.2) is 0 Å². The number of alkyl halides is 3. The number of rotatable bonds is 6. The molecule has 2 unspecified atom stereocenters. The van der Waals surface area contributed by atoms with Crippen LogP contribution in [0.5, 0.6) is 0 Å². The van der Waals surface area contributed by atoms with Gasteiger partial charge in [-0.2, -0.15) is 13.2 Å². The number of ether oxygens (including phenoxy) is 2. The fourth-order valence-corrected chi connectivity index (χ4v) is 2.60. The van der Waals surface area contributed by atoms with E-state index in [2.05, 4.69) is 5.32 Å². The van der Waals surface area contributed by atoms with Crippen molar-refractivity contribution < 1.29 is 27.4 Å². The quantitative estimate of drug-likeness (QED) is 0.765. The molecule has 0 bridgehead atoms. The summed E-state index contributed by atoms with van der Waals surface area (Å²) in [6.07, 6.45) is -2.98. The van der Waals surface area contributed by atoms with Gasteiger partial charge in [-0.15, -0.1) is 0 Å². The topological polar surface area (TPSA) is 47.6 Å². The van der Waals surface area contributed by atoms with E-state index in [4.69, 9.17) is 9.47 Å². The molecule has 4 nitrogen and oxygen atoms in total. The van der Waals surface area contributed by atoms with Crippen molar-refractivity contribution in [1.82, 2.24) is 5.32 Å². The molecule has 0 amide bonds. The van der Waals surface area contributed by atoms with Gasteiger partial charge in [-0.3, -0.25) is 4.79 Å². The Bertz CT molecular complexity index is 318. The van der Waals surface area contributed by atoms with Gasteiger partial charge in [-0.1, -0.05) is 6.92 Å². The van der Waals surface area contributed by atoms with Gasteiger partial charge in [0.25, 0.3) is 0 Å². The average molecular weight is 297 g/mol. The van der Waals surface area contributed by atoms with E-state index < -0.39 is 30.4 Å². The smallest absolute Gasteiger partial charge is 0.411 e. The first kappa shape index (κ1) is 17.2. The molecular weight excluding hydrogens is 275 g/mol. The first-order valence-corrected chi connectivity index (χ1v) is 6.93. The fourth-order valence-electron chi connectivity index (χ4n) is 2.60. The molecule has 20 heavy (non-hydrogen) atoms. The second kappa shape index (κ2) is 7.26. The summed E-state index contributed by atoms with van der Waals surface area (Å²) < 4.78 is 46.6. The van der Waals surface area contributed by atoms with E-state index in [-0.39, 0.29) is 13.0 Å². The molecule has 1 rings (SSSR count). The highest BCUT2D eigenvalue weighted by Gasteiger charge is 2.44. The number of halogens is 3. The Morgan fingerprint density at radius 3 is 2.65 bits per heavy atom. The van der Waals surface area contributed by atoms with Crippen molar-refractivity contribution in [2.45, 2.75) is 57.3 Å². The summed E-state index contributed by atoms with van der Waals surface area (Å²) in [5.41, 5.74) is -0.917. The Morgan fingerprint density at radius 2 is 2.10 bits per heavy atom. The minimum Gasteiger partial charge on any atom is -0.465 e. The van der Waals surface area contributed by atoms with Gasteiger partial charge in [0.05, 0.1) is 12.7 Å². The Hall–Kier alpha value is -0.820. The van der Waals surface area contributed by atoms with E-state index in [1.54, 1.807) is 6.92 Å². The lowest BCUT2D eigenvalue weighted by atomic mass is 9.80. The van der Waals surface area contributed by atoms with Crippen LogP contribution in [0.2, 0.25) is 0 Å². The summed E-state index contributed by atoms with van der Waals surface area (Å²) in [7, 11) is 0. The third-order valence-corrected chi connectivity index (χ3v) is 3.37. The van der Waals surface area contributed by atoms with Crippen LogP contribution < -0.4 is 5.32 Å². The lowest BCUT2D eigenvalue weighted by molar-refractivity contribution is -0.192. The van der Waals surface area contributed by atoms with Gasteiger partial charge >= 0.3 is 12.1 Å². The summed E-state index contributed by atoms with van der Waals surface area (Å²) in [5, 5.41) is 3.07. The summed E-state index contributed by atoms with van der Waals surface area (Å²) in [6.45, 7) is 3.08. The van der Waals surface area contributed by atoms with Gasteiger partial charge in [0.2, 0.25) is 0 Å². The van der Waals surface area contributed by atoms with Crippen LogP contribution in [0, 0.1) is 0 Å². The zero-order valence-corrected chi connectivity index (χ0v) is 11.9. The Balaban J connectivity index is 2.68. The third-order valence-electron chi connectivity index (χ3n) is 3.37. The molecule has 7 heteroatoms. The molecule has 1 saturated carbocycles. The van der Waals surface area contributed by atoms with Crippen molar-refractivity contribution in [3.63, 3.8) is 0 Å². The van der Waals surface area contributed by atoms with Crippen molar-refractivity contribution in [3.8, 4) is 0 Å². The molecule has 1 fully saturated rings. The minimum atomic E-state index is -4.35. The van der Waals surface area contributed by atoms with E-state index in [9.17, 15) is 18.0 Å². The van der Waals surface area contributed by atoms with E-state index >= 15 is 0 Å². The SMILES string of the molecule is CCNC1(C(=O)OCC)CCCC(OCC(F)(F)F)C1. The number of nitrogens with one attached hydrogen (secondary N) is 1. The molecule has 0 aliphatic heterocycles. The van der Waals surface area contributed by atoms with Crippen molar-refractivity contribution >= 4 is 5.97 Å². The van der Waals surface area contributed by atoms with Crippen molar-refractivity contribution in [2.75, 3.05) is 19.8 Å². The van der Waals surface area contributed by atoms with E-state index in [1.807, 2.05) is 6.92 Å². The molecule has 0 aromatic rings. The minimum absolute atomic E-state index is 0.218. The molecule has 118 valence electrons. The van der Waals surface area contributed by atoms with Crippen LogP contribution in [0.1, 0.15) is 39.5 Å². The largest absolute Gasteiger partial charge is 0.465 e. The van der Waals surface area contributed by atoms with Gasteiger partial charge in [0.1, 0.15) is 12.1 Å². The van der Waals surface area contributed by atoms with Crippen LogP contribution in [0.4, 0.5) is 13.2 Å². The molecule has 1 aliphatic rings. The number of hydrogen-bond acceptors (Lipinski definition) is 4. The van der Waals surface area contributed by atoms with Gasteiger partial charge in [0.15, 0.2) is 0 Å².